The highest BCUT2D eigenvalue weighted by atomic mass is 16.6. The molecule has 0 fully saturated rings. The van der Waals surface area contributed by atoms with Gasteiger partial charge >= 0.3 is 5.97 Å². The zero-order valence-electron chi connectivity index (χ0n) is 11.6. The van der Waals surface area contributed by atoms with E-state index in [4.69, 9.17) is 9.47 Å². The van der Waals surface area contributed by atoms with Crippen molar-refractivity contribution in [2.45, 2.75) is 26.4 Å². The number of carbonyl (C=O) groups is 1. The summed E-state index contributed by atoms with van der Waals surface area (Å²) in [6.45, 7) is 5.48. The maximum atomic E-state index is 12.0. The average Bonchev–Trinajstić information content (AvgIpc) is 2.35. The lowest BCUT2D eigenvalue weighted by Crippen LogP contribution is -2.24. The minimum atomic E-state index is -0.533. The van der Waals surface area contributed by atoms with Crippen molar-refractivity contribution in [3.05, 3.63) is 36.0 Å². The van der Waals surface area contributed by atoms with Gasteiger partial charge in [-0.25, -0.2) is 9.78 Å². The second-order valence-electron chi connectivity index (χ2n) is 5.23. The van der Waals surface area contributed by atoms with Crippen LogP contribution in [-0.2, 0) is 4.74 Å². The lowest BCUT2D eigenvalue weighted by Gasteiger charge is -2.19. The highest BCUT2D eigenvalue weighted by molar-refractivity contribution is 5.93. The van der Waals surface area contributed by atoms with E-state index >= 15 is 0 Å². The van der Waals surface area contributed by atoms with Crippen molar-refractivity contribution < 1.29 is 14.3 Å². The van der Waals surface area contributed by atoms with Gasteiger partial charge in [0.2, 0.25) is 0 Å². The summed E-state index contributed by atoms with van der Waals surface area (Å²) in [6, 6.07) is 9.12. The zero-order chi connectivity index (χ0) is 14.0. The summed E-state index contributed by atoms with van der Waals surface area (Å²) < 4.78 is 10.6. The van der Waals surface area contributed by atoms with Gasteiger partial charge in [0, 0.05) is 5.39 Å². The fourth-order valence-electron chi connectivity index (χ4n) is 1.73. The second-order valence-corrected chi connectivity index (χ2v) is 5.23. The predicted molar refractivity (Wildman–Crippen MR) is 73.5 cm³/mol. The molecule has 2 rings (SSSR count). The van der Waals surface area contributed by atoms with Crippen molar-refractivity contribution in [3.8, 4) is 5.75 Å². The van der Waals surface area contributed by atoms with Crippen LogP contribution in [0.5, 0.6) is 5.75 Å². The molecular formula is C15H17NO3. The molecule has 4 heteroatoms. The van der Waals surface area contributed by atoms with Crippen molar-refractivity contribution in [2.24, 2.45) is 0 Å². The summed E-state index contributed by atoms with van der Waals surface area (Å²) in [7, 11) is 1.58. The molecule has 0 bridgehead atoms. The molecule has 0 N–H and O–H groups in total. The topological polar surface area (TPSA) is 48.4 Å². The fourth-order valence-corrected chi connectivity index (χ4v) is 1.73. The summed E-state index contributed by atoms with van der Waals surface area (Å²) in [5.74, 6) is 0.211. The summed E-state index contributed by atoms with van der Waals surface area (Å²) in [4.78, 5) is 16.3. The first-order chi connectivity index (χ1) is 8.90. The van der Waals surface area contributed by atoms with E-state index in [9.17, 15) is 4.79 Å². The second kappa shape index (κ2) is 4.88. The van der Waals surface area contributed by atoms with E-state index in [-0.39, 0.29) is 5.69 Å². The molecule has 0 amide bonds. The molecule has 0 saturated carbocycles. The fraction of sp³-hybridized carbons (Fsp3) is 0.333. The van der Waals surface area contributed by atoms with Crippen molar-refractivity contribution in [1.82, 2.24) is 4.98 Å². The van der Waals surface area contributed by atoms with Crippen LogP contribution in [0.1, 0.15) is 31.3 Å². The Morgan fingerprint density at radius 2 is 1.89 bits per heavy atom. The Balaban J connectivity index is 2.43. The number of rotatable bonds is 2. The van der Waals surface area contributed by atoms with Gasteiger partial charge in [0.05, 0.1) is 7.11 Å². The van der Waals surface area contributed by atoms with Gasteiger partial charge in [-0.3, -0.25) is 0 Å². The zero-order valence-corrected chi connectivity index (χ0v) is 11.6. The number of hydrogen-bond acceptors (Lipinski definition) is 4. The van der Waals surface area contributed by atoms with E-state index < -0.39 is 11.6 Å². The number of fused-ring (bicyclic) bond motifs is 1. The monoisotopic (exact) mass is 259 g/mol. The van der Waals surface area contributed by atoms with E-state index in [2.05, 4.69) is 4.98 Å². The first-order valence-electron chi connectivity index (χ1n) is 6.08. The molecule has 1 aromatic carbocycles. The molecule has 0 saturated heterocycles. The molecule has 0 aliphatic carbocycles. The third-order valence-corrected chi connectivity index (χ3v) is 2.51. The van der Waals surface area contributed by atoms with Crippen molar-refractivity contribution in [1.29, 1.82) is 0 Å². The summed E-state index contributed by atoms with van der Waals surface area (Å²) in [5, 5.41) is 0.923. The Labute approximate surface area is 112 Å². The van der Waals surface area contributed by atoms with E-state index in [1.807, 2.05) is 45.0 Å². The van der Waals surface area contributed by atoms with Gasteiger partial charge in [-0.15, -0.1) is 0 Å². The Morgan fingerprint density at radius 1 is 1.16 bits per heavy atom. The Bertz CT molecular complexity index is 614. The summed E-state index contributed by atoms with van der Waals surface area (Å²) >= 11 is 0. The number of ether oxygens (including phenoxy) is 2. The number of nitrogens with zero attached hydrogens (tertiary/aromatic N) is 1. The highest BCUT2D eigenvalue weighted by Gasteiger charge is 2.19. The molecule has 0 aliphatic heterocycles. The number of methoxy groups -OCH3 is 1. The van der Waals surface area contributed by atoms with Crippen LogP contribution in [-0.4, -0.2) is 23.7 Å². The number of hydrogen-bond donors (Lipinski definition) is 0. The minimum absolute atomic E-state index is 0.284. The summed E-state index contributed by atoms with van der Waals surface area (Å²) in [6.07, 6.45) is 0. The molecule has 1 aromatic heterocycles. The van der Waals surface area contributed by atoms with Crippen LogP contribution in [0.25, 0.3) is 10.9 Å². The number of carbonyl (C=O) groups excluding carboxylic acids is 1. The number of aromatic nitrogens is 1. The lowest BCUT2D eigenvalue weighted by molar-refractivity contribution is 0.00633. The molecule has 4 nitrogen and oxygen atoms in total. The Morgan fingerprint density at radius 3 is 2.53 bits per heavy atom. The molecule has 0 atom stereocenters. The Hall–Kier alpha value is -2.10. The maximum absolute atomic E-state index is 12.0. The standard InChI is InChI=1S/C15H17NO3/c1-15(2,3)19-14(17)11-9-8-10-6-5-7-12(18-4)13(10)16-11/h5-9H,1-4H3. The van der Waals surface area contributed by atoms with Gasteiger partial charge < -0.3 is 9.47 Å². The van der Waals surface area contributed by atoms with Crippen LogP contribution in [0.15, 0.2) is 30.3 Å². The van der Waals surface area contributed by atoms with Crippen LogP contribution in [0, 0.1) is 0 Å². The largest absolute Gasteiger partial charge is 0.494 e. The Kier molecular flexibility index (Phi) is 3.42. The molecule has 2 aromatic rings. The van der Waals surface area contributed by atoms with Crippen LogP contribution < -0.4 is 4.74 Å². The average molecular weight is 259 g/mol. The molecule has 0 spiro atoms. The first-order valence-corrected chi connectivity index (χ1v) is 6.08. The molecule has 19 heavy (non-hydrogen) atoms. The maximum Gasteiger partial charge on any atom is 0.357 e. The molecular weight excluding hydrogens is 242 g/mol. The number of esters is 1. The number of pyridine rings is 1. The first kappa shape index (κ1) is 13.3. The molecule has 100 valence electrons. The molecule has 0 aliphatic rings. The van der Waals surface area contributed by atoms with Gasteiger partial charge in [-0.2, -0.15) is 0 Å². The SMILES string of the molecule is COc1cccc2ccc(C(=O)OC(C)(C)C)nc12. The van der Waals surface area contributed by atoms with Gasteiger partial charge in [-0.05, 0) is 32.9 Å². The third kappa shape index (κ3) is 3.02. The van der Waals surface area contributed by atoms with Gasteiger partial charge in [0.1, 0.15) is 22.6 Å². The van der Waals surface area contributed by atoms with Crippen LogP contribution in [0.3, 0.4) is 0 Å². The summed E-state index contributed by atoms with van der Waals surface area (Å²) in [5.41, 5.74) is 0.411. The smallest absolute Gasteiger partial charge is 0.357 e. The quantitative estimate of drug-likeness (QED) is 0.777. The molecule has 1 heterocycles. The van der Waals surface area contributed by atoms with Crippen molar-refractivity contribution >= 4 is 16.9 Å². The van der Waals surface area contributed by atoms with Crippen LogP contribution in [0.2, 0.25) is 0 Å². The normalized spacial score (nSPS) is 11.4. The van der Waals surface area contributed by atoms with E-state index in [1.54, 1.807) is 13.2 Å². The lowest BCUT2D eigenvalue weighted by atomic mass is 10.1. The van der Waals surface area contributed by atoms with E-state index in [0.717, 1.165) is 5.39 Å². The van der Waals surface area contributed by atoms with Gasteiger partial charge in [-0.1, -0.05) is 18.2 Å². The van der Waals surface area contributed by atoms with Crippen LogP contribution >= 0.6 is 0 Å². The number of para-hydroxylation sites is 1. The third-order valence-electron chi connectivity index (χ3n) is 2.51. The van der Waals surface area contributed by atoms with Crippen LogP contribution in [0.4, 0.5) is 0 Å². The van der Waals surface area contributed by atoms with Crippen molar-refractivity contribution in [2.75, 3.05) is 7.11 Å². The van der Waals surface area contributed by atoms with E-state index in [1.165, 1.54) is 0 Å². The number of benzene rings is 1. The predicted octanol–water partition coefficient (Wildman–Crippen LogP) is 3.20. The van der Waals surface area contributed by atoms with Crippen molar-refractivity contribution in [3.63, 3.8) is 0 Å². The van der Waals surface area contributed by atoms with E-state index in [0.29, 0.717) is 11.3 Å². The van der Waals surface area contributed by atoms with Gasteiger partial charge in [0.25, 0.3) is 0 Å². The van der Waals surface area contributed by atoms with Gasteiger partial charge in [0.15, 0.2) is 0 Å². The molecule has 0 unspecified atom stereocenters. The minimum Gasteiger partial charge on any atom is -0.494 e. The molecule has 0 radical (unpaired) electrons. The highest BCUT2D eigenvalue weighted by Crippen LogP contribution is 2.24.